The highest BCUT2D eigenvalue weighted by Gasteiger charge is 2.22. The molecule has 3 heterocycles. The lowest BCUT2D eigenvalue weighted by molar-refractivity contribution is -0.121. The van der Waals surface area contributed by atoms with Gasteiger partial charge in [0, 0.05) is 35.3 Å². The summed E-state index contributed by atoms with van der Waals surface area (Å²) in [5, 5.41) is 2.71. The van der Waals surface area contributed by atoms with Crippen LogP contribution in [0.1, 0.15) is 22.5 Å². The highest BCUT2D eigenvalue weighted by atomic mass is 32.2. The number of hydrogen-bond acceptors (Lipinski definition) is 9. The number of anilines is 2. The minimum absolute atomic E-state index is 0.136. The molecule has 3 aromatic rings. The van der Waals surface area contributed by atoms with E-state index in [9.17, 15) is 18.0 Å². The van der Waals surface area contributed by atoms with Gasteiger partial charge in [-0.2, -0.15) is 0 Å². The Labute approximate surface area is 207 Å². The molecule has 0 atom stereocenters. The van der Waals surface area contributed by atoms with E-state index in [0.717, 1.165) is 0 Å². The van der Waals surface area contributed by atoms with Crippen LogP contribution in [-0.2, 0) is 33.7 Å². The molecule has 190 valence electrons. The van der Waals surface area contributed by atoms with Crippen LogP contribution in [0.4, 0.5) is 11.6 Å². The number of rotatable bonds is 8. The Kier molecular flexibility index (Phi) is 7.10. The number of sulfonamides is 1. The van der Waals surface area contributed by atoms with E-state index in [0.29, 0.717) is 47.2 Å². The number of amides is 1. The number of carbonyl (C=O) groups excluding carboxylic acids is 1. The van der Waals surface area contributed by atoms with Crippen LogP contribution in [0.2, 0.25) is 0 Å². The fourth-order valence-electron chi connectivity index (χ4n) is 3.68. The van der Waals surface area contributed by atoms with E-state index in [1.165, 1.54) is 16.8 Å². The van der Waals surface area contributed by atoms with Crippen LogP contribution in [0.25, 0.3) is 0 Å². The minimum atomic E-state index is -3.98. The molecule has 1 aliphatic rings. The van der Waals surface area contributed by atoms with Gasteiger partial charge in [-0.25, -0.2) is 18.4 Å². The molecule has 0 unspecified atom stereocenters. The van der Waals surface area contributed by atoms with E-state index in [-0.39, 0.29) is 24.7 Å². The topological polar surface area (TPSA) is 168 Å². The first-order valence-corrected chi connectivity index (χ1v) is 12.7. The molecule has 0 radical (unpaired) electrons. The second-order valence-electron chi connectivity index (χ2n) is 8.20. The summed E-state index contributed by atoms with van der Waals surface area (Å²) in [7, 11) is -3.98. The third kappa shape index (κ3) is 5.74. The number of nitrogens with zero attached hydrogens (tertiary/aromatic N) is 3. The van der Waals surface area contributed by atoms with E-state index in [1.54, 1.807) is 38.1 Å². The number of pyridine rings is 1. The average molecular weight is 515 g/mol. The van der Waals surface area contributed by atoms with Gasteiger partial charge in [-0.1, -0.05) is 12.1 Å². The zero-order chi connectivity index (χ0) is 25.9. The molecule has 4 N–H and O–H groups in total. The Morgan fingerprint density at radius 2 is 1.92 bits per heavy atom. The number of aromatic nitrogens is 3. The van der Waals surface area contributed by atoms with Crippen LogP contribution < -0.4 is 30.8 Å². The molecular weight excluding hydrogens is 488 g/mol. The number of benzene rings is 1. The first-order chi connectivity index (χ1) is 17.1. The van der Waals surface area contributed by atoms with Gasteiger partial charge >= 0.3 is 0 Å². The molecule has 0 saturated heterocycles. The van der Waals surface area contributed by atoms with Crippen molar-refractivity contribution in [1.29, 1.82) is 0 Å². The predicted octanol–water partition coefficient (Wildman–Crippen LogP) is 0.867. The van der Waals surface area contributed by atoms with Gasteiger partial charge in [-0.15, -0.1) is 0 Å². The molecule has 0 aliphatic carbocycles. The number of fused-ring (bicyclic) bond motifs is 1. The first-order valence-electron chi connectivity index (χ1n) is 11.1. The van der Waals surface area contributed by atoms with E-state index in [1.807, 2.05) is 0 Å². The van der Waals surface area contributed by atoms with Gasteiger partial charge in [0.15, 0.2) is 11.5 Å². The van der Waals surface area contributed by atoms with Gasteiger partial charge in [0.2, 0.25) is 21.9 Å². The summed E-state index contributed by atoms with van der Waals surface area (Å²) < 4.78 is 40.4. The normalized spacial score (nSPS) is 12.7. The fourth-order valence-corrected chi connectivity index (χ4v) is 4.88. The van der Waals surface area contributed by atoms with Crippen LogP contribution in [0, 0.1) is 13.8 Å². The highest BCUT2D eigenvalue weighted by Crippen LogP contribution is 2.34. The molecule has 12 nitrogen and oxygen atoms in total. The van der Waals surface area contributed by atoms with Crippen LogP contribution in [-0.4, -0.2) is 42.1 Å². The second kappa shape index (κ2) is 10.2. The van der Waals surface area contributed by atoms with Gasteiger partial charge in [0.25, 0.3) is 5.56 Å². The Morgan fingerprint density at radius 3 is 2.69 bits per heavy atom. The zero-order valence-electron chi connectivity index (χ0n) is 19.8. The second-order valence-corrected chi connectivity index (χ2v) is 9.92. The maximum absolute atomic E-state index is 13.0. The molecule has 0 fully saturated rings. The molecule has 0 bridgehead atoms. The van der Waals surface area contributed by atoms with Crippen LogP contribution in [0.5, 0.6) is 11.5 Å². The van der Waals surface area contributed by atoms with Crippen molar-refractivity contribution < 1.29 is 22.7 Å². The number of carbonyl (C=O) groups is 1. The van der Waals surface area contributed by atoms with Crippen molar-refractivity contribution in [2.45, 2.75) is 32.7 Å². The van der Waals surface area contributed by atoms with E-state index in [2.05, 4.69) is 20.0 Å². The first kappa shape index (κ1) is 25.0. The molecular formula is C23H26N6O6S. The lowest BCUT2D eigenvalue weighted by Gasteiger charge is -2.21. The monoisotopic (exact) mass is 514 g/mol. The number of para-hydroxylation sites is 1. The van der Waals surface area contributed by atoms with Crippen LogP contribution in [0.15, 0.2) is 41.3 Å². The maximum Gasteiger partial charge on any atom is 0.275 e. The fraction of sp³-hybridized carbons (Fsp3) is 0.304. The van der Waals surface area contributed by atoms with Crippen molar-refractivity contribution in [3.05, 3.63) is 69.4 Å². The maximum atomic E-state index is 13.0. The van der Waals surface area contributed by atoms with Crippen molar-refractivity contribution in [2.24, 2.45) is 0 Å². The predicted molar refractivity (Wildman–Crippen MR) is 132 cm³/mol. The molecule has 2 aromatic heterocycles. The zero-order valence-corrected chi connectivity index (χ0v) is 20.6. The summed E-state index contributed by atoms with van der Waals surface area (Å²) in [6, 6.07) is 7.93. The van der Waals surface area contributed by atoms with E-state index in [4.69, 9.17) is 15.2 Å². The van der Waals surface area contributed by atoms with Gasteiger partial charge in [0.05, 0.1) is 5.75 Å². The smallest absolute Gasteiger partial charge is 0.275 e. The summed E-state index contributed by atoms with van der Waals surface area (Å²) in [5.74, 6) is 0.116. The largest absolute Gasteiger partial charge is 0.486 e. The molecule has 1 aromatic carbocycles. The van der Waals surface area contributed by atoms with Crippen LogP contribution in [0.3, 0.4) is 0 Å². The van der Waals surface area contributed by atoms with Crippen molar-refractivity contribution >= 4 is 27.6 Å². The quantitative estimate of drug-likeness (QED) is 0.395. The van der Waals surface area contributed by atoms with Gasteiger partial charge in [0.1, 0.15) is 25.4 Å². The molecule has 0 saturated carbocycles. The molecule has 13 heteroatoms. The number of hydrogen-bond donors (Lipinski definition) is 3. The van der Waals surface area contributed by atoms with E-state index >= 15 is 0 Å². The van der Waals surface area contributed by atoms with Crippen molar-refractivity contribution in [2.75, 3.05) is 23.7 Å². The summed E-state index contributed by atoms with van der Waals surface area (Å²) in [4.78, 5) is 33.5. The number of nitrogen functional groups attached to an aromatic ring is 1. The van der Waals surface area contributed by atoms with Crippen molar-refractivity contribution in [3.63, 3.8) is 0 Å². The Balaban J connectivity index is 1.47. The van der Waals surface area contributed by atoms with Crippen LogP contribution >= 0.6 is 0 Å². The number of nitrogens with two attached hydrogens (primary N) is 1. The molecule has 0 spiro atoms. The lowest BCUT2D eigenvalue weighted by Crippen LogP contribution is -2.34. The summed E-state index contributed by atoms with van der Waals surface area (Å²) in [6.45, 7) is 3.94. The average Bonchev–Trinajstić information content (AvgIpc) is 2.83. The number of ether oxygens (including phenoxy) is 2. The number of nitrogens with one attached hydrogen (secondary N) is 2. The molecule has 4 rings (SSSR count). The van der Waals surface area contributed by atoms with Gasteiger partial charge < -0.3 is 25.1 Å². The molecule has 36 heavy (non-hydrogen) atoms. The SMILES string of the molecule is Cc1nc(N)ncc1CNC(=O)Cn1c(C)ccc(NS(=O)(=O)Cc2cccc3c2OCCO3)c1=O. The minimum Gasteiger partial charge on any atom is -0.486 e. The highest BCUT2D eigenvalue weighted by molar-refractivity contribution is 7.91. The summed E-state index contributed by atoms with van der Waals surface area (Å²) in [6.07, 6.45) is 1.52. The summed E-state index contributed by atoms with van der Waals surface area (Å²) in [5.41, 5.74) is 6.94. The van der Waals surface area contributed by atoms with Crippen molar-refractivity contribution in [3.8, 4) is 11.5 Å². The molecule has 1 amide bonds. The number of aryl methyl sites for hydroxylation is 2. The lowest BCUT2D eigenvalue weighted by atomic mass is 10.2. The summed E-state index contributed by atoms with van der Waals surface area (Å²) >= 11 is 0. The Morgan fingerprint density at radius 1 is 1.14 bits per heavy atom. The standard InChI is InChI=1S/C23H26N6O6S/c1-14-6-7-18(28-36(32,33)13-16-4-3-5-19-21(16)35-9-8-34-19)22(31)29(14)12-20(30)25-10-17-11-26-23(24)27-15(17)2/h3-7,11,28H,8-10,12-13H2,1-2H3,(H,25,30)(H2,24,26,27). The van der Waals surface area contributed by atoms with Gasteiger partial charge in [-0.05, 0) is 32.0 Å². The van der Waals surface area contributed by atoms with E-state index < -0.39 is 27.2 Å². The third-order valence-electron chi connectivity index (χ3n) is 5.53. The van der Waals surface area contributed by atoms with Crippen molar-refractivity contribution in [1.82, 2.24) is 19.9 Å². The molecule has 1 aliphatic heterocycles. The third-order valence-corrected chi connectivity index (χ3v) is 6.75. The Bertz CT molecular complexity index is 1470. The Hall–Kier alpha value is -4.13. The van der Waals surface area contributed by atoms with Gasteiger partial charge in [-0.3, -0.25) is 14.3 Å².